The summed E-state index contributed by atoms with van der Waals surface area (Å²) in [6.45, 7) is 4.49. The van der Waals surface area contributed by atoms with E-state index in [0.29, 0.717) is 26.2 Å². The lowest BCUT2D eigenvalue weighted by molar-refractivity contribution is -0.334. The second kappa shape index (κ2) is 7.17. The van der Waals surface area contributed by atoms with E-state index in [4.69, 9.17) is 20.3 Å². The van der Waals surface area contributed by atoms with Gasteiger partial charge in [0.15, 0.2) is 12.1 Å². The first kappa shape index (κ1) is 15.4. The van der Waals surface area contributed by atoms with Crippen LogP contribution in [-0.2, 0) is 18.9 Å². The maximum Gasteiger partial charge on any atom is 0.163 e. The molecule has 2 N–H and O–H groups in total. The topological polar surface area (TPSA) is 77.4 Å². The molecule has 0 saturated carbocycles. The summed E-state index contributed by atoms with van der Waals surface area (Å²) in [6, 6.07) is 0. The average molecular weight is 303 g/mol. The molecule has 6 nitrogen and oxygen atoms in total. The molecule has 0 aromatic rings. The summed E-state index contributed by atoms with van der Waals surface area (Å²) in [5.74, 6) is -1.03. The number of ether oxygens (including phenoxy) is 4. The first-order valence-corrected chi connectivity index (χ1v) is 7.35. The van der Waals surface area contributed by atoms with Crippen molar-refractivity contribution in [3.63, 3.8) is 0 Å². The van der Waals surface area contributed by atoms with Gasteiger partial charge in [0.05, 0.1) is 27.8 Å². The fourth-order valence-corrected chi connectivity index (χ4v) is 2.72. The van der Waals surface area contributed by atoms with Crippen LogP contribution in [0.15, 0.2) is 12.2 Å². The van der Waals surface area contributed by atoms with Gasteiger partial charge in [0.25, 0.3) is 0 Å². The summed E-state index contributed by atoms with van der Waals surface area (Å²) in [5, 5.41) is 19.1. The third-order valence-corrected chi connectivity index (χ3v) is 3.80. The molecule has 2 atom stereocenters. The number of hydrogen-bond donors (Lipinski definition) is 2. The minimum atomic E-state index is -1.33. The Balaban J connectivity index is 2.06. The zero-order chi connectivity index (χ0) is 16.3. The molecule has 2 rings (SSSR count). The van der Waals surface area contributed by atoms with E-state index in [1.165, 1.54) is 0 Å². The number of aliphatic hydroxyl groups is 2. The highest BCUT2D eigenvalue weighted by Crippen LogP contribution is 2.37. The molecule has 0 aliphatic carbocycles. The van der Waals surface area contributed by atoms with Crippen LogP contribution in [-0.4, -0.2) is 60.9 Å². The van der Waals surface area contributed by atoms with Gasteiger partial charge in [0.1, 0.15) is 5.60 Å². The largest absolute Gasteiger partial charge is 0.396 e. The molecule has 0 aromatic heterocycles. The Morgan fingerprint density at radius 1 is 1.29 bits per heavy atom. The van der Waals surface area contributed by atoms with Crippen molar-refractivity contribution in [2.75, 3.05) is 33.0 Å². The molecule has 0 bridgehead atoms. The van der Waals surface area contributed by atoms with Crippen molar-refractivity contribution in [3.8, 4) is 0 Å². The quantitative estimate of drug-likeness (QED) is 0.707. The second-order valence-electron chi connectivity index (χ2n) is 5.82. The van der Waals surface area contributed by atoms with Crippen molar-refractivity contribution < 1.29 is 30.5 Å². The summed E-state index contributed by atoms with van der Waals surface area (Å²) < 4.78 is 30.0. The Bertz CT molecular complexity index is 393. The predicted octanol–water partition coefficient (Wildman–Crippen LogP) is 0.818. The van der Waals surface area contributed by atoms with Crippen LogP contribution in [0.4, 0.5) is 0 Å². The molecule has 0 spiro atoms. The lowest BCUT2D eigenvalue weighted by atomic mass is 9.83. The van der Waals surface area contributed by atoms with Crippen LogP contribution in [0.3, 0.4) is 0 Å². The molecule has 122 valence electrons. The molecule has 0 aromatic carbocycles. The summed E-state index contributed by atoms with van der Waals surface area (Å²) in [4.78, 5) is 0. The Kier molecular flexibility index (Phi) is 5.26. The fourth-order valence-electron chi connectivity index (χ4n) is 2.72. The van der Waals surface area contributed by atoms with Gasteiger partial charge in [0, 0.05) is 25.4 Å². The van der Waals surface area contributed by atoms with Crippen molar-refractivity contribution in [2.24, 2.45) is 5.92 Å². The number of aliphatic hydroxyl groups excluding tert-OH is 2. The lowest BCUT2D eigenvalue weighted by Gasteiger charge is -2.48. The highest BCUT2D eigenvalue weighted by Gasteiger charge is 2.47. The van der Waals surface area contributed by atoms with Crippen LogP contribution in [0.1, 0.15) is 28.1 Å². The Labute approximate surface area is 127 Å². The Hall–Kier alpha value is -0.500. The van der Waals surface area contributed by atoms with Gasteiger partial charge in [-0.1, -0.05) is 12.2 Å². The first-order chi connectivity index (χ1) is 10.3. The lowest BCUT2D eigenvalue weighted by Crippen LogP contribution is -2.57. The maximum atomic E-state index is 9.82. The third-order valence-electron chi connectivity index (χ3n) is 3.80. The Morgan fingerprint density at radius 2 is 2.00 bits per heavy atom. The zero-order valence-electron chi connectivity index (χ0n) is 13.7. The predicted molar refractivity (Wildman–Crippen MR) is 75.6 cm³/mol. The van der Waals surface area contributed by atoms with Crippen LogP contribution in [0, 0.1) is 5.92 Å². The molecule has 0 radical (unpaired) electrons. The minimum Gasteiger partial charge on any atom is -0.396 e. The molecule has 0 amide bonds. The van der Waals surface area contributed by atoms with E-state index in [1.807, 2.05) is 6.08 Å². The van der Waals surface area contributed by atoms with Crippen molar-refractivity contribution in [3.05, 3.63) is 12.2 Å². The highest BCUT2D eigenvalue weighted by molar-refractivity contribution is 5.03. The van der Waals surface area contributed by atoms with Crippen LogP contribution in [0.25, 0.3) is 0 Å². The molecule has 0 unspecified atom stereocenters. The molecule has 2 aliphatic heterocycles. The van der Waals surface area contributed by atoms with Crippen molar-refractivity contribution >= 4 is 0 Å². The van der Waals surface area contributed by atoms with Gasteiger partial charge in [-0.15, -0.1) is 0 Å². The second-order valence-corrected chi connectivity index (χ2v) is 5.82. The van der Waals surface area contributed by atoms with E-state index in [0.717, 1.165) is 0 Å². The molecule has 2 saturated heterocycles. The fraction of sp³-hybridized carbons (Fsp3) is 0.867. The van der Waals surface area contributed by atoms with E-state index >= 15 is 0 Å². The maximum absolute atomic E-state index is 9.82. The van der Waals surface area contributed by atoms with Gasteiger partial charge in [-0.05, 0) is 13.8 Å². The third kappa shape index (κ3) is 4.25. The smallest absolute Gasteiger partial charge is 0.163 e. The first-order valence-electron chi connectivity index (χ1n) is 7.85. The standard InChI is InChI=1S/C15H26O6/c1-14(2)20-10-12(15(11-17,21-14)6-7-16)4-3-5-13-18-8-9-19-13/h3-4,12-13,16-17H,5-11H2,1-2H3/b4-3+/t12-,15+/m1/s1/i13D. The zero-order valence-corrected chi connectivity index (χ0v) is 12.7. The van der Waals surface area contributed by atoms with Gasteiger partial charge in [0.2, 0.25) is 0 Å². The summed E-state index contributed by atoms with van der Waals surface area (Å²) in [6.07, 6.45) is 2.90. The average Bonchev–Trinajstić information content (AvgIpc) is 2.88. The highest BCUT2D eigenvalue weighted by atomic mass is 16.7. The van der Waals surface area contributed by atoms with E-state index in [1.54, 1.807) is 19.9 Å². The molecule has 6 heteroatoms. The van der Waals surface area contributed by atoms with E-state index in [-0.39, 0.29) is 25.6 Å². The van der Waals surface area contributed by atoms with E-state index < -0.39 is 17.7 Å². The van der Waals surface area contributed by atoms with Crippen molar-refractivity contribution in [1.29, 1.82) is 0 Å². The number of hydrogen-bond acceptors (Lipinski definition) is 6. The van der Waals surface area contributed by atoms with Gasteiger partial charge < -0.3 is 29.2 Å². The SMILES string of the molecule is [2H]C1(C/C=C/[C@@H]2COC(C)(C)O[C@]2(CO)CCO)OCCO1. The van der Waals surface area contributed by atoms with Gasteiger partial charge in [-0.2, -0.15) is 0 Å². The molecule has 2 fully saturated rings. The van der Waals surface area contributed by atoms with E-state index in [2.05, 4.69) is 0 Å². The number of rotatable bonds is 6. The molecule has 2 aliphatic rings. The monoisotopic (exact) mass is 303 g/mol. The summed E-state index contributed by atoms with van der Waals surface area (Å²) >= 11 is 0. The van der Waals surface area contributed by atoms with Crippen LogP contribution < -0.4 is 0 Å². The summed E-state index contributed by atoms with van der Waals surface area (Å²) in [5.41, 5.74) is -0.889. The van der Waals surface area contributed by atoms with Gasteiger partial charge >= 0.3 is 0 Å². The minimum absolute atomic E-state index is 0.0877. The van der Waals surface area contributed by atoms with E-state index in [9.17, 15) is 10.2 Å². The van der Waals surface area contributed by atoms with Crippen LogP contribution in [0.2, 0.25) is 0 Å². The van der Waals surface area contributed by atoms with Gasteiger partial charge in [-0.25, -0.2) is 0 Å². The van der Waals surface area contributed by atoms with Gasteiger partial charge in [-0.3, -0.25) is 0 Å². The normalized spacial score (nSPS) is 36.0. The molecule has 21 heavy (non-hydrogen) atoms. The van der Waals surface area contributed by atoms with Crippen LogP contribution >= 0.6 is 0 Å². The Morgan fingerprint density at radius 3 is 2.62 bits per heavy atom. The summed E-state index contributed by atoms with van der Waals surface area (Å²) in [7, 11) is 0. The van der Waals surface area contributed by atoms with Crippen molar-refractivity contribution in [1.82, 2.24) is 0 Å². The molecular formula is C15H26O6. The molecule has 2 heterocycles. The van der Waals surface area contributed by atoms with Crippen LogP contribution in [0.5, 0.6) is 0 Å². The molecular weight excluding hydrogens is 276 g/mol. The van der Waals surface area contributed by atoms with Crippen molar-refractivity contribution in [2.45, 2.75) is 44.3 Å².